The van der Waals surface area contributed by atoms with Crippen molar-refractivity contribution in [2.24, 2.45) is 0 Å². The second kappa shape index (κ2) is 10.9. The molecule has 0 aromatic heterocycles. The molecular weight excluding hydrogens is 390 g/mol. The molecule has 0 atom stereocenters. The first-order valence-electron chi connectivity index (χ1n) is 9.24. The molecule has 2 aromatic rings. The highest BCUT2D eigenvalue weighted by Crippen LogP contribution is 2.28. The van der Waals surface area contributed by atoms with Crippen LogP contribution in [0.4, 0.5) is 0 Å². The van der Waals surface area contributed by atoms with E-state index in [-0.39, 0.29) is 25.6 Å². The molecule has 1 amide bonds. The first-order valence-corrected chi connectivity index (χ1v) is 9.24. The van der Waals surface area contributed by atoms with Crippen LogP contribution in [0.2, 0.25) is 0 Å². The Balaban J connectivity index is 2.18. The smallest absolute Gasteiger partial charge is 0.325 e. The summed E-state index contributed by atoms with van der Waals surface area (Å²) in [6.07, 6.45) is 0. The maximum atomic E-state index is 12.8. The minimum Gasteiger partial charge on any atom is -0.497 e. The third kappa shape index (κ3) is 6.30. The average Bonchev–Trinajstić information content (AvgIpc) is 2.76. The second-order valence-corrected chi connectivity index (χ2v) is 6.49. The van der Waals surface area contributed by atoms with Gasteiger partial charge in [-0.2, -0.15) is 0 Å². The molecule has 0 heterocycles. The SMILES string of the molecule is COC(=O)CN(Cc1cc(OC)cc(OC)c1)C(=O)COc1ccc(C)cc1OC. The van der Waals surface area contributed by atoms with Gasteiger partial charge in [0.15, 0.2) is 18.1 Å². The number of hydrogen-bond donors (Lipinski definition) is 0. The fraction of sp³-hybridized carbons (Fsp3) is 0.364. The Morgan fingerprint density at radius 2 is 1.53 bits per heavy atom. The van der Waals surface area contributed by atoms with Gasteiger partial charge in [0.1, 0.15) is 18.0 Å². The zero-order valence-electron chi connectivity index (χ0n) is 17.9. The van der Waals surface area contributed by atoms with Gasteiger partial charge in [0.25, 0.3) is 5.91 Å². The molecule has 8 heteroatoms. The van der Waals surface area contributed by atoms with E-state index in [0.717, 1.165) is 11.1 Å². The number of aryl methyl sites for hydroxylation is 1. The van der Waals surface area contributed by atoms with Crippen LogP contribution in [0, 0.1) is 6.92 Å². The number of esters is 1. The zero-order valence-corrected chi connectivity index (χ0v) is 17.9. The number of ether oxygens (including phenoxy) is 5. The quantitative estimate of drug-likeness (QED) is 0.550. The summed E-state index contributed by atoms with van der Waals surface area (Å²) in [7, 11) is 5.88. The van der Waals surface area contributed by atoms with Crippen LogP contribution in [0.5, 0.6) is 23.0 Å². The number of rotatable bonds is 10. The molecule has 30 heavy (non-hydrogen) atoms. The van der Waals surface area contributed by atoms with Gasteiger partial charge in [0, 0.05) is 12.6 Å². The van der Waals surface area contributed by atoms with Crippen LogP contribution in [0.25, 0.3) is 0 Å². The lowest BCUT2D eigenvalue weighted by Crippen LogP contribution is -2.38. The van der Waals surface area contributed by atoms with E-state index in [1.807, 2.05) is 19.1 Å². The molecule has 0 saturated heterocycles. The van der Waals surface area contributed by atoms with Crippen LogP contribution >= 0.6 is 0 Å². The molecule has 0 aliphatic rings. The van der Waals surface area contributed by atoms with Crippen LogP contribution < -0.4 is 18.9 Å². The topological polar surface area (TPSA) is 83.5 Å². The Labute approximate surface area is 176 Å². The van der Waals surface area contributed by atoms with E-state index < -0.39 is 5.97 Å². The van der Waals surface area contributed by atoms with Crippen molar-refractivity contribution in [3.63, 3.8) is 0 Å². The minimum atomic E-state index is -0.536. The monoisotopic (exact) mass is 417 g/mol. The molecule has 8 nitrogen and oxygen atoms in total. The Morgan fingerprint density at radius 3 is 2.10 bits per heavy atom. The van der Waals surface area contributed by atoms with Crippen molar-refractivity contribution >= 4 is 11.9 Å². The largest absolute Gasteiger partial charge is 0.497 e. The maximum Gasteiger partial charge on any atom is 0.325 e. The summed E-state index contributed by atoms with van der Waals surface area (Å²) in [5.74, 6) is 1.21. The first-order chi connectivity index (χ1) is 14.4. The molecule has 2 rings (SSSR count). The lowest BCUT2D eigenvalue weighted by atomic mass is 10.2. The van der Waals surface area contributed by atoms with Gasteiger partial charge in [-0.1, -0.05) is 6.07 Å². The molecule has 0 N–H and O–H groups in total. The van der Waals surface area contributed by atoms with Crippen LogP contribution in [-0.4, -0.2) is 58.4 Å². The Kier molecular flexibility index (Phi) is 8.34. The summed E-state index contributed by atoms with van der Waals surface area (Å²) in [6.45, 7) is 1.59. The van der Waals surface area contributed by atoms with Gasteiger partial charge >= 0.3 is 5.97 Å². The van der Waals surface area contributed by atoms with E-state index in [2.05, 4.69) is 0 Å². The predicted molar refractivity (Wildman–Crippen MR) is 110 cm³/mol. The van der Waals surface area contributed by atoms with Crippen molar-refractivity contribution in [2.75, 3.05) is 41.6 Å². The van der Waals surface area contributed by atoms with Crippen LogP contribution in [0.15, 0.2) is 36.4 Å². The van der Waals surface area contributed by atoms with Crippen molar-refractivity contribution in [3.05, 3.63) is 47.5 Å². The van der Waals surface area contributed by atoms with E-state index in [4.69, 9.17) is 23.7 Å². The lowest BCUT2D eigenvalue weighted by molar-refractivity contribution is -0.148. The maximum absolute atomic E-state index is 12.8. The molecule has 0 radical (unpaired) electrons. The molecule has 0 bridgehead atoms. The van der Waals surface area contributed by atoms with E-state index in [1.54, 1.807) is 38.5 Å². The summed E-state index contributed by atoms with van der Waals surface area (Å²) in [6, 6.07) is 10.7. The summed E-state index contributed by atoms with van der Waals surface area (Å²) in [5, 5.41) is 0. The summed E-state index contributed by atoms with van der Waals surface area (Å²) < 4.78 is 26.2. The van der Waals surface area contributed by atoms with Crippen LogP contribution in [0.3, 0.4) is 0 Å². The van der Waals surface area contributed by atoms with Crippen molar-refractivity contribution < 1.29 is 33.3 Å². The third-order valence-electron chi connectivity index (χ3n) is 4.36. The fourth-order valence-electron chi connectivity index (χ4n) is 2.76. The van der Waals surface area contributed by atoms with E-state index in [9.17, 15) is 9.59 Å². The van der Waals surface area contributed by atoms with E-state index in [1.165, 1.54) is 19.1 Å². The highest BCUT2D eigenvalue weighted by atomic mass is 16.5. The van der Waals surface area contributed by atoms with Gasteiger partial charge in [0.2, 0.25) is 0 Å². The second-order valence-electron chi connectivity index (χ2n) is 6.49. The molecular formula is C22H27NO7. The molecule has 0 saturated carbocycles. The number of carbonyl (C=O) groups excluding carboxylic acids is 2. The van der Waals surface area contributed by atoms with Crippen LogP contribution in [-0.2, 0) is 20.9 Å². The van der Waals surface area contributed by atoms with Crippen molar-refractivity contribution in [1.82, 2.24) is 4.90 Å². The summed E-state index contributed by atoms with van der Waals surface area (Å²) >= 11 is 0. The first kappa shape index (κ1) is 22.9. The standard InChI is InChI=1S/C22H27NO7/c1-15-6-7-19(20(8-15)28-4)30-14-21(24)23(13-22(25)29-5)12-16-9-17(26-2)11-18(10-16)27-3/h6-11H,12-14H2,1-5H3. The number of amides is 1. The molecule has 0 spiro atoms. The Hall–Kier alpha value is -3.42. The van der Waals surface area contributed by atoms with Gasteiger partial charge in [-0.25, -0.2) is 0 Å². The summed E-state index contributed by atoms with van der Waals surface area (Å²) in [4.78, 5) is 26.0. The molecule has 0 aliphatic carbocycles. The van der Waals surface area contributed by atoms with Crippen LogP contribution in [0.1, 0.15) is 11.1 Å². The number of nitrogens with zero attached hydrogens (tertiary/aromatic N) is 1. The third-order valence-corrected chi connectivity index (χ3v) is 4.36. The van der Waals surface area contributed by atoms with Gasteiger partial charge in [0.05, 0.1) is 28.4 Å². The summed E-state index contributed by atoms with van der Waals surface area (Å²) in [5.41, 5.74) is 1.74. The van der Waals surface area contributed by atoms with Crippen molar-refractivity contribution in [1.29, 1.82) is 0 Å². The number of carbonyl (C=O) groups is 2. The number of benzene rings is 2. The highest BCUT2D eigenvalue weighted by Gasteiger charge is 2.20. The predicted octanol–water partition coefficient (Wildman–Crippen LogP) is 2.60. The molecule has 0 fully saturated rings. The fourth-order valence-corrected chi connectivity index (χ4v) is 2.76. The Bertz CT molecular complexity index is 860. The van der Waals surface area contributed by atoms with Crippen molar-refractivity contribution in [3.8, 4) is 23.0 Å². The van der Waals surface area contributed by atoms with Crippen molar-refractivity contribution in [2.45, 2.75) is 13.5 Å². The molecule has 2 aromatic carbocycles. The molecule has 0 aliphatic heterocycles. The Morgan fingerprint density at radius 1 is 0.867 bits per heavy atom. The van der Waals surface area contributed by atoms with E-state index in [0.29, 0.717) is 23.0 Å². The molecule has 0 unspecified atom stereocenters. The zero-order chi connectivity index (χ0) is 22.1. The van der Waals surface area contributed by atoms with Gasteiger partial charge < -0.3 is 28.6 Å². The average molecular weight is 417 g/mol. The normalized spacial score (nSPS) is 10.2. The van der Waals surface area contributed by atoms with Gasteiger partial charge in [-0.15, -0.1) is 0 Å². The lowest BCUT2D eigenvalue weighted by Gasteiger charge is -2.22. The minimum absolute atomic E-state index is 0.149. The number of methoxy groups -OCH3 is 4. The van der Waals surface area contributed by atoms with E-state index >= 15 is 0 Å². The highest BCUT2D eigenvalue weighted by molar-refractivity contribution is 5.83. The molecule has 162 valence electrons. The van der Waals surface area contributed by atoms with Gasteiger partial charge in [-0.05, 0) is 42.3 Å². The van der Waals surface area contributed by atoms with Gasteiger partial charge in [-0.3, -0.25) is 9.59 Å². The number of hydrogen-bond acceptors (Lipinski definition) is 7.